The first-order valence-electron chi connectivity index (χ1n) is 9.56. The summed E-state index contributed by atoms with van der Waals surface area (Å²) in [5.74, 6) is 1.26. The van der Waals surface area contributed by atoms with Gasteiger partial charge < -0.3 is 19.7 Å². The molecule has 0 radical (unpaired) electrons. The van der Waals surface area contributed by atoms with Crippen LogP contribution in [0.15, 0.2) is 48.5 Å². The number of carbonyl (C=O) groups excluding carboxylic acids is 1. The van der Waals surface area contributed by atoms with E-state index in [1.54, 1.807) is 19.3 Å². The zero-order chi connectivity index (χ0) is 20.4. The molecule has 0 atom stereocenters. The first kappa shape index (κ1) is 21.4. The first-order valence-corrected chi connectivity index (χ1v) is 9.56. The molecule has 0 aromatic heterocycles. The lowest BCUT2D eigenvalue weighted by molar-refractivity contribution is -0.116. The Hall–Kier alpha value is -2.95. The third kappa shape index (κ3) is 6.65. The van der Waals surface area contributed by atoms with Gasteiger partial charge in [-0.15, -0.1) is 0 Å². The van der Waals surface area contributed by atoms with Crippen LogP contribution in [0.4, 0.5) is 5.69 Å². The highest BCUT2D eigenvalue weighted by atomic mass is 16.5. The molecule has 2 aromatic carbocycles. The SMILES string of the molecule is CCOc1cc(/C=C/C(=O)NCCCc2ccc(N(C)C)cc2)ccc1OC. The molecule has 150 valence electrons. The fourth-order valence-electron chi connectivity index (χ4n) is 2.76. The van der Waals surface area contributed by atoms with Gasteiger partial charge >= 0.3 is 0 Å². The Bertz CT molecular complexity index is 783. The monoisotopic (exact) mass is 382 g/mol. The molecule has 0 saturated carbocycles. The maximum atomic E-state index is 12.0. The number of rotatable bonds is 10. The summed E-state index contributed by atoms with van der Waals surface area (Å²) in [5, 5.41) is 2.93. The molecule has 0 fully saturated rings. The van der Waals surface area contributed by atoms with Crippen LogP contribution in [0.2, 0.25) is 0 Å². The highest BCUT2D eigenvalue weighted by molar-refractivity contribution is 5.91. The van der Waals surface area contributed by atoms with Gasteiger partial charge in [-0.1, -0.05) is 18.2 Å². The van der Waals surface area contributed by atoms with Gasteiger partial charge in [0, 0.05) is 32.4 Å². The molecule has 0 aliphatic carbocycles. The zero-order valence-corrected chi connectivity index (χ0v) is 17.2. The molecule has 1 amide bonds. The van der Waals surface area contributed by atoms with Gasteiger partial charge in [0.05, 0.1) is 13.7 Å². The van der Waals surface area contributed by atoms with Crippen LogP contribution >= 0.6 is 0 Å². The Morgan fingerprint density at radius 1 is 1.11 bits per heavy atom. The molecule has 0 bridgehead atoms. The second kappa shape index (κ2) is 11.0. The van der Waals surface area contributed by atoms with Crippen LogP contribution in [0, 0.1) is 0 Å². The summed E-state index contributed by atoms with van der Waals surface area (Å²) in [6.07, 6.45) is 5.16. The fourth-order valence-corrected chi connectivity index (χ4v) is 2.76. The minimum Gasteiger partial charge on any atom is -0.493 e. The lowest BCUT2D eigenvalue weighted by Gasteiger charge is -2.12. The third-order valence-corrected chi connectivity index (χ3v) is 4.31. The van der Waals surface area contributed by atoms with Crippen LogP contribution in [0.25, 0.3) is 6.08 Å². The lowest BCUT2D eigenvalue weighted by atomic mass is 10.1. The summed E-state index contributed by atoms with van der Waals surface area (Å²) < 4.78 is 10.8. The largest absolute Gasteiger partial charge is 0.493 e. The normalized spacial score (nSPS) is 10.7. The van der Waals surface area contributed by atoms with E-state index in [1.807, 2.05) is 39.2 Å². The molecule has 0 aliphatic heterocycles. The number of carbonyl (C=O) groups is 1. The molecule has 5 heteroatoms. The van der Waals surface area contributed by atoms with Gasteiger partial charge in [-0.2, -0.15) is 0 Å². The Morgan fingerprint density at radius 3 is 2.50 bits per heavy atom. The Morgan fingerprint density at radius 2 is 1.86 bits per heavy atom. The van der Waals surface area contributed by atoms with Crippen LogP contribution in [-0.2, 0) is 11.2 Å². The standard InChI is InChI=1S/C23H30N2O3/c1-5-28-22-17-19(10-14-21(22)27-4)11-15-23(26)24-16-6-7-18-8-12-20(13-9-18)25(2)3/h8-15,17H,5-7,16H2,1-4H3,(H,24,26)/b15-11+. The average Bonchev–Trinajstić information content (AvgIpc) is 2.70. The molecule has 0 heterocycles. The van der Waals surface area contributed by atoms with Crippen molar-refractivity contribution in [3.8, 4) is 11.5 Å². The molecule has 0 aliphatic rings. The number of benzene rings is 2. The molecule has 2 aromatic rings. The third-order valence-electron chi connectivity index (χ3n) is 4.31. The number of amides is 1. The Labute approximate surface area is 168 Å². The maximum Gasteiger partial charge on any atom is 0.243 e. The number of aryl methyl sites for hydroxylation is 1. The van der Waals surface area contributed by atoms with Crippen LogP contribution < -0.4 is 19.7 Å². The highest BCUT2D eigenvalue weighted by Gasteiger charge is 2.04. The summed E-state index contributed by atoms with van der Waals surface area (Å²) in [4.78, 5) is 14.1. The number of nitrogens with zero attached hydrogens (tertiary/aromatic N) is 1. The lowest BCUT2D eigenvalue weighted by Crippen LogP contribution is -2.22. The zero-order valence-electron chi connectivity index (χ0n) is 17.2. The van der Waals surface area contributed by atoms with Crippen LogP contribution in [0.5, 0.6) is 11.5 Å². The highest BCUT2D eigenvalue weighted by Crippen LogP contribution is 2.28. The molecule has 5 nitrogen and oxygen atoms in total. The van der Waals surface area contributed by atoms with Crippen molar-refractivity contribution in [2.45, 2.75) is 19.8 Å². The quantitative estimate of drug-likeness (QED) is 0.500. The summed E-state index contributed by atoms with van der Waals surface area (Å²) >= 11 is 0. The van der Waals surface area contributed by atoms with Crippen molar-refractivity contribution < 1.29 is 14.3 Å². The van der Waals surface area contributed by atoms with Crippen molar-refractivity contribution in [1.29, 1.82) is 0 Å². The van der Waals surface area contributed by atoms with E-state index >= 15 is 0 Å². The van der Waals surface area contributed by atoms with Crippen molar-refractivity contribution in [2.24, 2.45) is 0 Å². The van der Waals surface area contributed by atoms with E-state index in [1.165, 1.54) is 11.3 Å². The first-order chi connectivity index (χ1) is 13.5. The number of hydrogen-bond donors (Lipinski definition) is 1. The van der Waals surface area contributed by atoms with E-state index < -0.39 is 0 Å². The van der Waals surface area contributed by atoms with Gasteiger partial charge in [0.25, 0.3) is 0 Å². The van der Waals surface area contributed by atoms with E-state index in [9.17, 15) is 4.79 Å². The minimum atomic E-state index is -0.100. The van der Waals surface area contributed by atoms with E-state index in [-0.39, 0.29) is 5.91 Å². The van der Waals surface area contributed by atoms with Gasteiger partial charge in [-0.05, 0) is 61.2 Å². The number of hydrogen-bond acceptors (Lipinski definition) is 4. The average molecular weight is 383 g/mol. The van der Waals surface area contributed by atoms with Crippen LogP contribution in [0.1, 0.15) is 24.5 Å². The smallest absolute Gasteiger partial charge is 0.243 e. The molecular weight excluding hydrogens is 352 g/mol. The molecule has 1 N–H and O–H groups in total. The van der Waals surface area contributed by atoms with E-state index in [0.29, 0.717) is 24.7 Å². The van der Waals surface area contributed by atoms with E-state index in [2.05, 4.69) is 34.5 Å². The minimum absolute atomic E-state index is 0.100. The number of ether oxygens (including phenoxy) is 2. The van der Waals surface area contributed by atoms with Gasteiger partial charge in [0.1, 0.15) is 0 Å². The van der Waals surface area contributed by atoms with E-state index in [4.69, 9.17) is 9.47 Å². The Kier molecular flexibility index (Phi) is 8.40. The molecule has 0 saturated heterocycles. The summed E-state index contributed by atoms with van der Waals surface area (Å²) in [7, 11) is 5.67. The Balaban J connectivity index is 1.78. The summed E-state index contributed by atoms with van der Waals surface area (Å²) in [6.45, 7) is 3.12. The van der Waals surface area contributed by atoms with Crippen molar-refractivity contribution in [1.82, 2.24) is 5.32 Å². The fraction of sp³-hybridized carbons (Fsp3) is 0.348. The van der Waals surface area contributed by atoms with Gasteiger partial charge in [-0.25, -0.2) is 0 Å². The molecule has 2 rings (SSSR count). The van der Waals surface area contributed by atoms with Crippen molar-refractivity contribution >= 4 is 17.7 Å². The van der Waals surface area contributed by atoms with Crippen molar-refractivity contribution in [2.75, 3.05) is 39.3 Å². The molecule has 28 heavy (non-hydrogen) atoms. The molecular formula is C23H30N2O3. The molecule has 0 unspecified atom stereocenters. The van der Waals surface area contributed by atoms with Crippen molar-refractivity contribution in [3.63, 3.8) is 0 Å². The number of anilines is 1. The van der Waals surface area contributed by atoms with Crippen molar-refractivity contribution in [3.05, 3.63) is 59.7 Å². The van der Waals surface area contributed by atoms with E-state index in [0.717, 1.165) is 18.4 Å². The summed E-state index contributed by atoms with van der Waals surface area (Å²) in [6, 6.07) is 14.1. The predicted octanol–water partition coefficient (Wildman–Crippen LogP) is 3.92. The second-order valence-corrected chi connectivity index (χ2v) is 6.63. The number of methoxy groups -OCH3 is 1. The van der Waals surface area contributed by atoms with Gasteiger partial charge in [-0.3, -0.25) is 4.79 Å². The second-order valence-electron chi connectivity index (χ2n) is 6.63. The van der Waals surface area contributed by atoms with Crippen LogP contribution in [-0.4, -0.2) is 40.3 Å². The van der Waals surface area contributed by atoms with Gasteiger partial charge in [0.2, 0.25) is 5.91 Å². The molecule has 0 spiro atoms. The topological polar surface area (TPSA) is 50.8 Å². The van der Waals surface area contributed by atoms with Crippen LogP contribution in [0.3, 0.4) is 0 Å². The van der Waals surface area contributed by atoms with Gasteiger partial charge in [0.15, 0.2) is 11.5 Å². The summed E-state index contributed by atoms with van der Waals surface area (Å²) in [5.41, 5.74) is 3.35. The maximum absolute atomic E-state index is 12.0. The number of nitrogens with one attached hydrogen (secondary N) is 1. The predicted molar refractivity (Wildman–Crippen MR) is 115 cm³/mol.